The summed E-state index contributed by atoms with van der Waals surface area (Å²) in [6.45, 7) is 2.07. The van der Waals surface area contributed by atoms with E-state index in [2.05, 4.69) is 0 Å². The third-order valence-corrected chi connectivity index (χ3v) is 10.1. The van der Waals surface area contributed by atoms with Crippen molar-refractivity contribution in [1.29, 1.82) is 0 Å². The molecule has 3 heterocycles. The smallest absolute Gasteiger partial charge is 0.303 e. The van der Waals surface area contributed by atoms with E-state index in [-0.39, 0.29) is 25.7 Å². The highest BCUT2D eigenvalue weighted by Gasteiger charge is 2.56. The van der Waals surface area contributed by atoms with Gasteiger partial charge in [-0.3, -0.25) is 4.79 Å². The fraction of sp³-hybridized carbons (Fsp3) is 0.966. The van der Waals surface area contributed by atoms with E-state index in [0.717, 1.165) is 6.92 Å². The van der Waals surface area contributed by atoms with Crippen LogP contribution in [0.2, 0.25) is 0 Å². The number of esters is 1. The molecule has 2 aliphatic carbocycles. The van der Waals surface area contributed by atoms with Crippen LogP contribution in [-0.4, -0.2) is 179 Å². The van der Waals surface area contributed by atoms with E-state index in [0.29, 0.717) is 6.42 Å². The third kappa shape index (κ3) is 7.54. The van der Waals surface area contributed by atoms with Gasteiger partial charge in [-0.15, -0.1) is 0 Å². The molecule has 46 heavy (non-hydrogen) atoms. The van der Waals surface area contributed by atoms with Crippen molar-refractivity contribution in [2.75, 3.05) is 6.61 Å². The van der Waals surface area contributed by atoms with Crippen molar-refractivity contribution in [1.82, 2.24) is 0 Å². The Hall–Kier alpha value is -1.13. The SMILES string of the molecule is CC(=O)OC1C(OCC2OC(OC3CC4C(O)CC(O)CC4[OH+]C3C3CC(O)C(O)C(O)C3)C(O)C(O)C2O)OC(C)C(O)C1O. The lowest BCUT2D eigenvalue weighted by Crippen LogP contribution is -2.64. The van der Waals surface area contributed by atoms with Gasteiger partial charge in [0.25, 0.3) is 0 Å². The molecule has 5 fully saturated rings. The summed E-state index contributed by atoms with van der Waals surface area (Å²) in [6, 6.07) is 0. The zero-order valence-corrected chi connectivity index (χ0v) is 25.7. The van der Waals surface area contributed by atoms with Gasteiger partial charge in [0, 0.05) is 25.7 Å². The van der Waals surface area contributed by atoms with Gasteiger partial charge < -0.3 is 79.5 Å². The Bertz CT molecular complexity index is 1010. The average molecular weight is 670 g/mol. The maximum Gasteiger partial charge on any atom is 0.303 e. The molecule has 17 heteroatoms. The minimum atomic E-state index is -1.77. The summed E-state index contributed by atoms with van der Waals surface area (Å²) in [5, 5.41) is 105. The van der Waals surface area contributed by atoms with E-state index in [9.17, 15) is 55.9 Å². The summed E-state index contributed by atoms with van der Waals surface area (Å²) < 4.78 is 33.4. The predicted molar refractivity (Wildman–Crippen MR) is 149 cm³/mol. The molecule has 0 amide bonds. The molecule has 18 atom stereocenters. The lowest BCUT2D eigenvalue weighted by atomic mass is 9.72. The Labute approximate surface area is 265 Å². The fourth-order valence-electron chi connectivity index (χ4n) is 7.54. The molecular formula is C29H49O17+. The van der Waals surface area contributed by atoms with Crippen LogP contribution in [0.15, 0.2) is 0 Å². The number of fused-ring (bicyclic) bond motifs is 1. The van der Waals surface area contributed by atoms with Crippen molar-refractivity contribution in [2.45, 2.75) is 156 Å². The number of hydrogen-bond acceptors (Lipinski definition) is 16. The molecule has 5 aliphatic rings. The first kappa shape index (κ1) is 36.2. The fourth-order valence-corrected chi connectivity index (χ4v) is 7.54. The second-order valence-corrected chi connectivity index (χ2v) is 13.4. The number of carbonyl (C=O) groups is 1. The van der Waals surface area contributed by atoms with Crippen LogP contribution in [0.25, 0.3) is 0 Å². The van der Waals surface area contributed by atoms with E-state index < -0.39 is 135 Å². The second kappa shape index (κ2) is 14.8. The molecule has 3 saturated heterocycles. The minimum Gasteiger partial charge on any atom is -0.454 e. The van der Waals surface area contributed by atoms with Crippen molar-refractivity contribution in [3.63, 3.8) is 0 Å². The van der Waals surface area contributed by atoms with Gasteiger partial charge in [-0.25, -0.2) is 0 Å². The van der Waals surface area contributed by atoms with Crippen LogP contribution in [0, 0.1) is 11.8 Å². The van der Waals surface area contributed by atoms with Crippen molar-refractivity contribution in [2.24, 2.45) is 11.8 Å². The van der Waals surface area contributed by atoms with Crippen molar-refractivity contribution in [3.8, 4) is 0 Å². The Morgan fingerprint density at radius 1 is 0.739 bits per heavy atom. The Balaban J connectivity index is 1.31. The lowest BCUT2D eigenvalue weighted by Gasteiger charge is -2.49. The first-order valence-corrected chi connectivity index (χ1v) is 15.9. The summed E-state index contributed by atoms with van der Waals surface area (Å²) in [6.07, 6.45) is -21.5. The Morgan fingerprint density at radius 2 is 1.41 bits per heavy atom. The molecule has 0 aromatic heterocycles. The molecule has 18 unspecified atom stereocenters. The highest BCUT2D eigenvalue weighted by Crippen LogP contribution is 2.42. The van der Waals surface area contributed by atoms with Crippen LogP contribution < -0.4 is 0 Å². The van der Waals surface area contributed by atoms with E-state index >= 15 is 0 Å². The van der Waals surface area contributed by atoms with Gasteiger partial charge in [0.05, 0.1) is 43.0 Å². The van der Waals surface area contributed by atoms with Gasteiger partial charge in [0.2, 0.25) is 0 Å². The van der Waals surface area contributed by atoms with Gasteiger partial charge in [-0.1, -0.05) is 0 Å². The van der Waals surface area contributed by atoms with Crippen LogP contribution in [0.5, 0.6) is 0 Å². The topological polar surface area (TPSA) is 278 Å². The highest BCUT2D eigenvalue weighted by molar-refractivity contribution is 5.66. The van der Waals surface area contributed by atoms with Crippen molar-refractivity contribution in [3.05, 3.63) is 0 Å². The quantitative estimate of drug-likeness (QED) is 0.0896. The number of carbonyl (C=O) groups excluding carboxylic acids is 1. The normalized spacial score (nSPS) is 53.3. The lowest BCUT2D eigenvalue weighted by molar-refractivity contribution is -0.363. The van der Waals surface area contributed by atoms with Crippen LogP contribution in [0.4, 0.5) is 0 Å². The molecule has 0 aromatic rings. The third-order valence-electron chi connectivity index (χ3n) is 10.1. The summed E-state index contributed by atoms with van der Waals surface area (Å²) in [5.41, 5.74) is 0. The first-order chi connectivity index (χ1) is 21.7. The second-order valence-electron chi connectivity index (χ2n) is 13.4. The van der Waals surface area contributed by atoms with Gasteiger partial charge in [-0.2, -0.15) is 0 Å². The van der Waals surface area contributed by atoms with Gasteiger partial charge in [-0.05, 0) is 26.2 Å². The largest absolute Gasteiger partial charge is 0.454 e. The van der Waals surface area contributed by atoms with Crippen LogP contribution >= 0.6 is 0 Å². The summed E-state index contributed by atoms with van der Waals surface area (Å²) in [7, 11) is 0. The molecule has 17 nitrogen and oxygen atoms in total. The molecule has 2 saturated carbocycles. The molecule has 0 aromatic carbocycles. The molecular weight excluding hydrogens is 620 g/mol. The van der Waals surface area contributed by atoms with Gasteiger partial charge >= 0.3 is 5.97 Å². The Kier molecular flexibility index (Phi) is 11.6. The monoisotopic (exact) mass is 669 g/mol. The first-order valence-electron chi connectivity index (χ1n) is 15.9. The van der Waals surface area contributed by atoms with Gasteiger partial charge in [0.15, 0.2) is 30.9 Å². The number of hydrogen-bond donors (Lipinski definition) is 10. The molecule has 0 bridgehead atoms. The molecule has 11 N–H and O–H groups in total. The predicted octanol–water partition coefficient (Wildman–Crippen LogP) is -5.11. The number of ether oxygens (including phenoxy) is 6. The minimum absolute atomic E-state index is 0.0739. The molecule has 5 rings (SSSR count). The van der Waals surface area contributed by atoms with Crippen LogP contribution in [0.1, 0.15) is 46.0 Å². The average Bonchev–Trinajstić information content (AvgIpc) is 2.99. The van der Waals surface area contributed by atoms with E-state index in [4.69, 9.17) is 28.4 Å². The summed E-state index contributed by atoms with van der Waals surface area (Å²) >= 11 is 0. The van der Waals surface area contributed by atoms with Crippen molar-refractivity contribution < 1.29 is 84.3 Å². The zero-order valence-electron chi connectivity index (χ0n) is 25.7. The van der Waals surface area contributed by atoms with Crippen LogP contribution in [0.3, 0.4) is 0 Å². The maximum absolute atomic E-state index is 11.6. The molecule has 3 aliphatic heterocycles. The summed E-state index contributed by atoms with van der Waals surface area (Å²) in [5.74, 6) is -1.69. The van der Waals surface area contributed by atoms with E-state index in [1.165, 1.54) is 6.92 Å². The Morgan fingerprint density at radius 3 is 2.07 bits per heavy atom. The standard InChI is InChI=1S/C29H48O17/c1-9-20(35)24(39)27(43-10(2)30)29(42-9)41-8-19-22(37)23(38)25(40)28(46-19)45-18-7-13-14(32)5-12(31)6-17(13)44-26(18)11-3-15(33)21(36)16(34)4-11/h9,11-29,31-40H,3-8H2,1-2H3/p+1. The van der Waals surface area contributed by atoms with E-state index in [1.54, 1.807) is 0 Å². The number of rotatable bonds is 7. The van der Waals surface area contributed by atoms with Crippen LogP contribution in [-0.2, 0) is 28.5 Å². The molecule has 266 valence electrons. The highest BCUT2D eigenvalue weighted by atomic mass is 16.7. The van der Waals surface area contributed by atoms with E-state index in [1.807, 2.05) is 0 Å². The number of aliphatic hydroxyl groups excluding tert-OH is 10. The molecule has 0 spiro atoms. The summed E-state index contributed by atoms with van der Waals surface area (Å²) in [4.78, 5) is 11.6. The maximum atomic E-state index is 11.6. The zero-order chi connectivity index (χ0) is 33.6. The molecule has 0 radical (unpaired) electrons. The van der Waals surface area contributed by atoms with Crippen molar-refractivity contribution >= 4 is 5.97 Å². The van der Waals surface area contributed by atoms with Gasteiger partial charge in [0.1, 0.15) is 48.8 Å². The number of aliphatic hydroxyl groups is 12.